The third kappa shape index (κ3) is 20.6. The molecule has 2 N–H and O–H groups in total. The molecule has 0 heterocycles. The Morgan fingerprint density at radius 3 is 1.88 bits per heavy atom. The van der Waals surface area contributed by atoms with Gasteiger partial charge in [0.15, 0.2) is 6.54 Å². The molecule has 0 radical (unpaired) electrons. The van der Waals surface area contributed by atoms with Gasteiger partial charge >= 0.3 is 11.9 Å². The maximum atomic E-state index is 11.1. The maximum absolute atomic E-state index is 11.1. The van der Waals surface area contributed by atoms with Crippen LogP contribution in [0.3, 0.4) is 0 Å². The number of aliphatic carboxylic acids is 1. The summed E-state index contributed by atoms with van der Waals surface area (Å²) in [4.78, 5) is 21.1. The Hall–Kier alpha value is -1.49. The van der Waals surface area contributed by atoms with E-state index in [1.807, 2.05) is 35.2 Å². The lowest BCUT2D eigenvalue weighted by Gasteiger charge is -2.29. The van der Waals surface area contributed by atoms with Gasteiger partial charge in [0, 0.05) is 12.0 Å². The van der Waals surface area contributed by atoms with Crippen molar-refractivity contribution in [2.45, 2.75) is 13.3 Å². The average molecular weight is 399 g/mol. The van der Waals surface area contributed by atoms with Crippen molar-refractivity contribution in [1.29, 1.82) is 0 Å². The molecule has 0 unspecified atom stereocenters. The van der Waals surface area contributed by atoms with Gasteiger partial charge in [0.2, 0.25) is 0 Å². The molecule has 0 amide bonds. The largest absolute Gasteiger partial charge is 0.477 e. The van der Waals surface area contributed by atoms with Crippen molar-refractivity contribution >= 4 is 22.1 Å². The summed E-state index contributed by atoms with van der Waals surface area (Å²) in [6.07, 6.45) is 0.361. The zero-order chi connectivity index (χ0) is 21.2. The Morgan fingerprint density at radius 2 is 1.58 bits per heavy atom. The predicted octanol–water partition coefficient (Wildman–Crippen LogP) is 0.237. The van der Waals surface area contributed by atoms with Gasteiger partial charge in [-0.3, -0.25) is 4.55 Å². The van der Waals surface area contributed by atoms with Gasteiger partial charge in [-0.2, -0.15) is 8.42 Å². The zero-order valence-electron chi connectivity index (χ0n) is 16.7. The number of esters is 1. The van der Waals surface area contributed by atoms with Crippen LogP contribution in [0.15, 0.2) is 12.2 Å². The molecule has 0 atom stereocenters. The Balaban J connectivity index is 0. The third-order valence-electron chi connectivity index (χ3n) is 3.05. The quantitative estimate of drug-likeness (QED) is 0.234. The van der Waals surface area contributed by atoms with E-state index in [0.717, 1.165) is 0 Å². The van der Waals surface area contributed by atoms with Gasteiger partial charge in [-0.25, -0.2) is 9.59 Å². The van der Waals surface area contributed by atoms with Crippen molar-refractivity contribution in [3.63, 3.8) is 0 Å². The van der Waals surface area contributed by atoms with Gasteiger partial charge in [0.05, 0.1) is 47.5 Å². The third-order valence-corrected chi connectivity index (χ3v) is 3.86. The normalized spacial score (nSPS) is 12.0. The molecule has 9 nitrogen and oxygen atoms in total. The lowest BCUT2D eigenvalue weighted by molar-refractivity contribution is -0.890. The van der Waals surface area contributed by atoms with E-state index >= 15 is 0 Å². The molecular formula is C16H34N2O7S+2. The zero-order valence-corrected chi connectivity index (χ0v) is 17.5. The van der Waals surface area contributed by atoms with Gasteiger partial charge in [0.1, 0.15) is 13.2 Å². The van der Waals surface area contributed by atoms with Crippen molar-refractivity contribution in [3.05, 3.63) is 12.2 Å². The van der Waals surface area contributed by atoms with Crippen LogP contribution in [0.1, 0.15) is 13.3 Å². The molecule has 154 valence electrons. The first-order valence-electron chi connectivity index (χ1n) is 8.07. The highest BCUT2D eigenvalue weighted by Gasteiger charge is 2.17. The molecule has 10 heteroatoms. The second-order valence-electron chi connectivity index (χ2n) is 7.78. The molecule has 0 aromatic rings. The number of carboxylic acids is 1. The molecule has 0 rings (SSSR count). The number of carbonyl (C=O) groups is 2. The highest BCUT2D eigenvalue weighted by Crippen LogP contribution is 2.02. The molecule has 0 spiro atoms. The number of ether oxygens (including phenoxy) is 1. The van der Waals surface area contributed by atoms with Gasteiger partial charge in [-0.05, 0) is 6.92 Å². The van der Waals surface area contributed by atoms with E-state index in [-0.39, 0.29) is 18.9 Å². The van der Waals surface area contributed by atoms with Gasteiger partial charge in [0.25, 0.3) is 10.1 Å². The van der Waals surface area contributed by atoms with Crippen molar-refractivity contribution in [1.82, 2.24) is 0 Å². The fourth-order valence-electron chi connectivity index (χ4n) is 1.70. The number of hydrogen-bond donors (Lipinski definition) is 2. The predicted molar refractivity (Wildman–Crippen MR) is 99.2 cm³/mol. The second-order valence-corrected chi connectivity index (χ2v) is 9.35. The Bertz CT molecular complexity index is 578. The first kappa shape index (κ1) is 26.7. The van der Waals surface area contributed by atoms with Gasteiger partial charge in [-0.1, -0.05) is 6.58 Å². The summed E-state index contributed by atoms with van der Waals surface area (Å²) in [5.74, 6) is -1.43. The summed E-state index contributed by atoms with van der Waals surface area (Å²) in [5, 5.41) is 8.23. The van der Waals surface area contributed by atoms with E-state index in [1.165, 1.54) is 0 Å². The highest BCUT2D eigenvalue weighted by atomic mass is 32.2. The van der Waals surface area contributed by atoms with Crippen molar-refractivity contribution in [2.75, 3.05) is 67.2 Å². The number of quaternary nitrogens is 2. The number of likely N-dealkylation sites (N-methyl/N-ethyl adjacent to an activating group) is 2. The Labute approximate surface area is 156 Å². The van der Waals surface area contributed by atoms with Crippen molar-refractivity contribution in [3.8, 4) is 0 Å². The van der Waals surface area contributed by atoms with Gasteiger partial charge in [-0.15, -0.1) is 0 Å². The van der Waals surface area contributed by atoms with E-state index < -0.39 is 22.1 Å². The van der Waals surface area contributed by atoms with Crippen LogP contribution in [0.25, 0.3) is 0 Å². The molecule has 0 aromatic carbocycles. The van der Waals surface area contributed by atoms with E-state index in [4.69, 9.17) is 14.4 Å². The average Bonchev–Trinajstić information content (AvgIpc) is 2.33. The fourth-order valence-corrected chi connectivity index (χ4v) is 2.20. The SMILES string of the molecule is C=C(C)C(=O)OCC[N+](C)(C)CCCS(=O)(=O)O.C[N+](C)(C)CC(=O)O. The Morgan fingerprint density at radius 1 is 1.08 bits per heavy atom. The summed E-state index contributed by atoms with van der Waals surface area (Å²) in [7, 11) is 5.43. The summed E-state index contributed by atoms with van der Waals surface area (Å²) < 4.78 is 35.7. The standard InChI is InChI=1S/C11H21NO5S.C5H11NO2/c1-10(2)11(13)17-8-7-12(3,4)6-5-9-18(14,15)16;1-6(2,3)4-5(7)8/h1,5-9H2,2-4H3;4H2,1-3H3/p+2. The highest BCUT2D eigenvalue weighted by molar-refractivity contribution is 7.85. The van der Waals surface area contributed by atoms with Crippen molar-refractivity contribution in [2.24, 2.45) is 0 Å². The lowest BCUT2D eigenvalue weighted by Crippen LogP contribution is -2.43. The van der Waals surface area contributed by atoms with E-state index in [0.29, 0.717) is 34.0 Å². The number of carbonyl (C=O) groups excluding carboxylic acids is 1. The Kier molecular flexibility index (Phi) is 11.6. The molecule has 0 saturated heterocycles. The lowest BCUT2D eigenvalue weighted by atomic mass is 10.3. The van der Waals surface area contributed by atoms with Crippen LogP contribution in [0.4, 0.5) is 0 Å². The first-order valence-corrected chi connectivity index (χ1v) is 9.68. The van der Waals surface area contributed by atoms with Crippen molar-refractivity contribution < 1.29 is 41.4 Å². The smallest absolute Gasteiger partial charge is 0.359 e. The molecule has 26 heavy (non-hydrogen) atoms. The topological polar surface area (TPSA) is 118 Å². The molecular weight excluding hydrogens is 364 g/mol. The van der Waals surface area contributed by atoms with Crippen LogP contribution in [0.5, 0.6) is 0 Å². The number of hydrogen-bond acceptors (Lipinski definition) is 5. The summed E-state index contributed by atoms with van der Waals surface area (Å²) in [6.45, 7) is 6.63. The maximum Gasteiger partial charge on any atom is 0.359 e. The number of nitrogens with zero attached hydrogens (tertiary/aromatic N) is 2. The van der Waals surface area contributed by atoms with Crippen LogP contribution in [-0.2, 0) is 24.4 Å². The minimum atomic E-state index is -3.90. The van der Waals surface area contributed by atoms with E-state index in [1.54, 1.807) is 6.92 Å². The molecule has 0 bridgehead atoms. The molecule has 0 aliphatic rings. The minimum absolute atomic E-state index is 0.181. The van der Waals surface area contributed by atoms with Crippen LogP contribution in [0.2, 0.25) is 0 Å². The molecule has 0 aromatic heterocycles. The molecule has 0 saturated carbocycles. The molecule has 0 fully saturated rings. The van der Waals surface area contributed by atoms with Crippen LogP contribution in [0, 0.1) is 0 Å². The second kappa shape index (κ2) is 11.3. The van der Waals surface area contributed by atoms with Gasteiger partial charge < -0.3 is 18.8 Å². The fraction of sp³-hybridized carbons (Fsp3) is 0.750. The monoisotopic (exact) mass is 398 g/mol. The molecule has 0 aliphatic carbocycles. The van der Waals surface area contributed by atoms with E-state index in [9.17, 15) is 18.0 Å². The minimum Gasteiger partial charge on any atom is -0.477 e. The van der Waals surface area contributed by atoms with Crippen LogP contribution < -0.4 is 0 Å². The summed E-state index contributed by atoms with van der Waals surface area (Å²) in [5.41, 5.74) is 0.353. The first-order chi connectivity index (χ1) is 11.5. The number of rotatable bonds is 10. The molecule has 0 aliphatic heterocycles. The number of carboxylic acid groups (broad SMARTS) is 1. The van der Waals surface area contributed by atoms with E-state index in [2.05, 4.69) is 6.58 Å². The van der Waals surface area contributed by atoms with Crippen LogP contribution >= 0.6 is 0 Å². The summed E-state index contributed by atoms with van der Waals surface area (Å²) >= 11 is 0. The summed E-state index contributed by atoms with van der Waals surface area (Å²) in [6, 6.07) is 0. The van der Waals surface area contributed by atoms with Crippen LogP contribution in [-0.4, -0.2) is 106 Å².